The van der Waals surface area contributed by atoms with Gasteiger partial charge in [-0.3, -0.25) is 4.79 Å². The van der Waals surface area contributed by atoms with Crippen LogP contribution in [0, 0.1) is 0 Å². The summed E-state index contributed by atoms with van der Waals surface area (Å²) in [5.74, 6) is 0.994. The van der Waals surface area contributed by atoms with E-state index in [4.69, 9.17) is 9.15 Å². The summed E-state index contributed by atoms with van der Waals surface area (Å²) in [4.78, 5) is 12.4. The molecular weight excluding hydrogens is 252 g/mol. The van der Waals surface area contributed by atoms with Gasteiger partial charge in [0.15, 0.2) is 5.76 Å². The zero-order valence-electron chi connectivity index (χ0n) is 11.1. The summed E-state index contributed by atoms with van der Waals surface area (Å²) < 4.78 is 10.9. The van der Waals surface area contributed by atoms with Gasteiger partial charge in [-0.15, -0.1) is 0 Å². The number of ketones is 1. The minimum absolute atomic E-state index is 0.121. The maximum Gasteiger partial charge on any atom is 0.228 e. The second-order valence-electron chi connectivity index (χ2n) is 4.43. The lowest BCUT2D eigenvalue weighted by Crippen LogP contribution is -1.99. The number of hydrogen-bond acceptors (Lipinski definition) is 3. The number of rotatable bonds is 4. The van der Waals surface area contributed by atoms with Crippen LogP contribution in [0.4, 0.5) is 0 Å². The first-order valence-corrected chi connectivity index (χ1v) is 6.54. The molecule has 20 heavy (non-hydrogen) atoms. The van der Waals surface area contributed by atoms with Gasteiger partial charge in [0.05, 0.1) is 6.61 Å². The molecule has 0 atom stereocenters. The zero-order valence-corrected chi connectivity index (χ0v) is 11.1. The van der Waals surface area contributed by atoms with Gasteiger partial charge in [-0.2, -0.15) is 0 Å². The van der Waals surface area contributed by atoms with Crippen LogP contribution < -0.4 is 4.74 Å². The third kappa shape index (κ3) is 2.30. The Labute approximate surface area is 116 Å². The van der Waals surface area contributed by atoms with Crippen molar-refractivity contribution in [1.29, 1.82) is 0 Å². The number of carbonyl (C=O) groups excluding carboxylic acids is 1. The van der Waals surface area contributed by atoms with Gasteiger partial charge < -0.3 is 9.15 Å². The highest BCUT2D eigenvalue weighted by Gasteiger charge is 2.14. The number of fused-ring (bicyclic) bond motifs is 1. The van der Waals surface area contributed by atoms with Crippen molar-refractivity contribution >= 4 is 16.8 Å². The summed E-state index contributed by atoms with van der Waals surface area (Å²) in [6.45, 7) is 2.53. The summed E-state index contributed by atoms with van der Waals surface area (Å²) >= 11 is 0. The van der Waals surface area contributed by atoms with Gasteiger partial charge in [0.2, 0.25) is 5.78 Å². The minimum Gasteiger partial charge on any atom is -0.494 e. The fraction of sp³-hybridized carbons (Fsp3) is 0.118. The van der Waals surface area contributed by atoms with Gasteiger partial charge in [0.25, 0.3) is 0 Å². The first-order chi connectivity index (χ1) is 9.78. The monoisotopic (exact) mass is 266 g/mol. The summed E-state index contributed by atoms with van der Waals surface area (Å²) in [6.07, 6.45) is 0. The van der Waals surface area contributed by atoms with Gasteiger partial charge in [0.1, 0.15) is 11.3 Å². The number of para-hydroxylation sites is 1. The maximum absolute atomic E-state index is 12.4. The second kappa shape index (κ2) is 5.21. The lowest BCUT2D eigenvalue weighted by molar-refractivity contribution is 0.101. The molecule has 0 fully saturated rings. The Balaban J connectivity index is 1.91. The van der Waals surface area contributed by atoms with Gasteiger partial charge in [-0.25, -0.2) is 0 Å². The minimum atomic E-state index is -0.121. The number of ether oxygens (including phenoxy) is 1. The molecule has 100 valence electrons. The van der Waals surface area contributed by atoms with Crippen molar-refractivity contribution in [2.45, 2.75) is 6.92 Å². The van der Waals surface area contributed by atoms with Crippen LogP contribution in [-0.4, -0.2) is 12.4 Å². The molecule has 3 aromatic rings. The van der Waals surface area contributed by atoms with E-state index in [-0.39, 0.29) is 5.78 Å². The Morgan fingerprint density at radius 3 is 2.55 bits per heavy atom. The van der Waals surface area contributed by atoms with E-state index in [1.54, 1.807) is 30.3 Å². The number of furan rings is 1. The van der Waals surface area contributed by atoms with E-state index in [0.717, 1.165) is 16.7 Å². The van der Waals surface area contributed by atoms with Crippen molar-refractivity contribution in [2.75, 3.05) is 6.61 Å². The molecule has 0 unspecified atom stereocenters. The third-order valence-corrected chi connectivity index (χ3v) is 3.08. The molecule has 0 aliphatic rings. The smallest absolute Gasteiger partial charge is 0.228 e. The van der Waals surface area contributed by atoms with Gasteiger partial charge in [-0.1, -0.05) is 18.2 Å². The molecule has 0 N–H and O–H groups in total. The highest BCUT2D eigenvalue weighted by Crippen LogP contribution is 2.22. The molecule has 0 bridgehead atoms. The molecule has 2 aromatic carbocycles. The van der Waals surface area contributed by atoms with Crippen LogP contribution in [0.1, 0.15) is 23.0 Å². The van der Waals surface area contributed by atoms with Crippen LogP contribution in [0.3, 0.4) is 0 Å². The van der Waals surface area contributed by atoms with Crippen molar-refractivity contribution in [3.05, 3.63) is 65.9 Å². The molecule has 3 nitrogen and oxygen atoms in total. The van der Waals surface area contributed by atoms with Crippen molar-refractivity contribution in [2.24, 2.45) is 0 Å². The standard InChI is InChI=1S/C17H14O3/c1-2-19-14-9-7-12(8-10-14)17(18)16-11-13-5-3-4-6-15(13)20-16/h3-11H,2H2,1H3. The molecule has 0 aliphatic carbocycles. The van der Waals surface area contributed by atoms with Gasteiger partial charge in [-0.05, 0) is 43.3 Å². The van der Waals surface area contributed by atoms with E-state index in [1.165, 1.54) is 0 Å². The zero-order chi connectivity index (χ0) is 13.9. The lowest BCUT2D eigenvalue weighted by Gasteiger charge is -2.03. The first-order valence-electron chi connectivity index (χ1n) is 6.54. The SMILES string of the molecule is CCOc1ccc(C(=O)c2cc3ccccc3o2)cc1. The van der Waals surface area contributed by atoms with E-state index in [0.29, 0.717) is 17.9 Å². The predicted molar refractivity (Wildman–Crippen MR) is 77.3 cm³/mol. The quantitative estimate of drug-likeness (QED) is 0.668. The average molecular weight is 266 g/mol. The van der Waals surface area contributed by atoms with Crippen molar-refractivity contribution < 1.29 is 13.9 Å². The Kier molecular flexibility index (Phi) is 3.25. The number of benzene rings is 2. The number of hydrogen-bond donors (Lipinski definition) is 0. The van der Waals surface area contributed by atoms with E-state index < -0.39 is 0 Å². The third-order valence-electron chi connectivity index (χ3n) is 3.08. The fourth-order valence-corrected chi connectivity index (χ4v) is 2.11. The van der Waals surface area contributed by atoms with Gasteiger partial charge in [0, 0.05) is 10.9 Å². The molecule has 0 amide bonds. The molecule has 0 radical (unpaired) electrons. The molecule has 0 saturated carbocycles. The van der Waals surface area contributed by atoms with Crippen molar-refractivity contribution in [3.63, 3.8) is 0 Å². The van der Waals surface area contributed by atoms with Crippen molar-refractivity contribution in [3.8, 4) is 5.75 Å². The summed E-state index contributed by atoms with van der Waals surface area (Å²) in [5, 5.41) is 0.932. The van der Waals surface area contributed by atoms with E-state index in [2.05, 4.69) is 0 Å². The van der Waals surface area contributed by atoms with Crippen molar-refractivity contribution in [1.82, 2.24) is 0 Å². The molecule has 3 heteroatoms. The van der Waals surface area contributed by atoms with E-state index >= 15 is 0 Å². The fourth-order valence-electron chi connectivity index (χ4n) is 2.11. The summed E-state index contributed by atoms with van der Waals surface area (Å²) in [5.41, 5.74) is 1.31. The Morgan fingerprint density at radius 2 is 1.85 bits per heavy atom. The van der Waals surface area contributed by atoms with Crippen LogP contribution in [0.5, 0.6) is 5.75 Å². The lowest BCUT2D eigenvalue weighted by atomic mass is 10.1. The molecule has 1 aromatic heterocycles. The Hall–Kier alpha value is -2.55. The first kappa shape index (κ1) is 12.5. The highest BCUT2D eigenvalue weighted by molar-refractivity contribution is 6.09. The Bertz CT molecular complexity index is 705. The molecule has 1 heterocycles. The van der Waals surface area contributed by atoms with Crippen LogP contribution in [-0.2, 0) is 0 Å². The van der Waals surface area contributed by atoms with Gasteiger partial charge >= 0.3 is 0 Å². The highest BCUT2D eigenvalue weighted by atomic mass is 16.5. The van der Waals surface area contributed by atoms with Crippen LogP contribution in [0.2, 0.25) is 0 Å². The van der Waals surface area contributed by atoms with Crippen LogP contribution >= 0.6 is 0 Å². The molecule has 0 spiro atoms. The molecule has 3 rings (SSSR count). The maximum atomic E-state index is 12.4. The molecule has 0 aliphatic heterocycles. The van der Waals surface area contributed by atoms with E-state index in [9.17, 15) is 4.79 Å². The second-order valence-corrected chi connectivity index (χ2v) is 4.43. The summed E-state index contributed by atoms with van der Waals surface area (Å²) in [7, 11) is 0. The van der Waals surface area contributed by atoms with Crippen LogP contribution in [0.25, 0.3) is 11.0 Å². The Morgan fingerprint density at radius 1 is 1.10 bits per heavy atom. The van der Waals surface area contributed by atoms with Crippen LogP contribution in [0.15, 0.2) is 59.0 Å². The number of carbonyl (C=O) groups is 1. The van der Waals surface area contributed by atoms with E-state index in [1.807, 2.05) is 31.2 Å². The average Bonchev–Trinajstić information content (AvgIpc) is 2.91. The molecule has 0 saturated heterocycles. The normalized spacial score (nSPS) is 10.7. The predicted octanol–water partition coefficient (Wildman–Crippen LogP) is 4.06. The molecular formula is C17H14O3. The largest absolute Gasteiger partial charge is 0.494 e. The topological polar surface area (TPSA) is 39.4 Å². The summed E-state index contributed by atoms with van der Waals surface area (Å²) in [6, 6.07) is 16.4.